The van der Waals surface area contributed by atoms with Gasteiger partial charge in [-0.25, -0.2) is 0 Å². The van der Waals surface area contributed by atoms with E-state index < -0.39 is 0 Å². The van der Waals surface area contributed by atoms with E-state index in [-0.39, 0.29) is 35.1 Å². The predicted octanol–water partition coefficient (Wildman–Crippen LogP) is 11.7. The van der Waals surface area contributed by atoms with Crippen molar-refractivity contribution >= 4 is 113 Å². The molecule has 0 fully saturated rings. The van der Waals surface area contributed by atoms with Crippen molar-refractivity contribution in [1.82, 2.24) is 9.13 Å². The Kier molecular flexibility index (Phi) is 7.65. The maximum atomic E-state index is 2.64. The van der Waals surface area contributed by atoms with E-state index in [4.69, 9.17) is 0 Å². The van der Waals surface area contributed by atoms with Crippen LogP contribution in [0.3, 0.4) is 0 Å². The summed E-state index contributed by atoms with van der Waals surface area (Å²) in [5.74, 6) is 0. The van der Waals surface area contributed by atoms with E-state index >= 15 is 0 Å². The van der Waals surface area contributed by atoms with Crippen LogP contribution >= 0.6 is 23.5 Å². The lowest BCUT2D eigenvalue weighted by molar-refractivity contribution is 0.590. The Morgan fingerprint density at radius 3 is 1.11 bits per heavy atom. The molecule has 7 aromatic carbocycles. The van der Waals surface area contributed by atoms with Crippen LogP contribution in [-0.4, -0.2) is 22.6 Å². The van der Waals surface area contributed by atoms with Gasteiger partial charge in [0.1, 0.15) is 0 Å². The van der Waals surface area contributed by atoms with Gasteiger partial charge in [-0.3, -0.25) is 0 Å². The molecule has 0 spiro atoms. The zero-order valence-electron chi connectivity index (χ0n) is 39.3. The van der Waals surface area contributed by atoms with Gasteiger partial charge < -0.3 is 9.13 Å². The van der Waals surface area contributed by atoms with Crippen LogP contribution in [0.2, 0.25) is 0 Å². The van der Waals surface area contributed by atoms with Gasteiger partial charge in [0, 0.05) is 63.5 Å². The van der Waals surface area contributed by atoms with Gasteiger partial charge >= 0.3 is 0 Å². The smallest absolute Gasteiger partial charge is 0.249 e. The molecule has 0 bridgehead atoms. The highest BCUT2D eigenvalue weighted by Gasteiger charge is 2.45. The topological polar surface area (TPSA) is 9.86 Å². The molecule has 2 nitrogen and oxygen atoms in total. The highest BCUT2D eigenvalue weighted by Crippen LogP contribution is 2.45. The minimum atomic E-state index is -0.00932. The second kappa shape index (κ2) is 12.4. The SMILES string of the molecule is CC(C)(C)c1ccc2c(c1)c1cc(C(C)(C)C)cc3c1n2-c1cccc2c1B3c1cc3c(cc1S2)B1c2c(cccc2-n2c4ccc(C(C)(C)C)cc4c4cc(C(C)(C)C)cc1c42)S3. The van der Waals surface area contributed by atoms with E-state index in [1.165, 1.54) is 130 Å². The van der Waals surface area contributed by atoms with Crippen LogP contribution in [0.1, 0.15) is 105 Å². The van der Waals surface area contributed by atoms with Gasteiger partial charge in [0.15, 0.2) is 0 Å². The molecule has 0 saturated carbocycles. The van der Waals surface area contributed by atoms with Gasteiger partial charge in [0.05, 0.1) is 11.0 Å². The lowest BCUT2D eigenvalue weighted by Gasteiger charge is -2.37. The fourth-order valence-electron chi connectivity index (χ4n) is 11.7. The number of aromatic nitrogens is 2. The summed E-state index contributed by atoms with van der Waals surface area (Å²) in [6, 6.07) is 44.2. The van der Waals surface area contributed by atoms with Gasteiger partial charge in [0.25, 0.3) is 0 Å². The standard InChI is InChI=1S/C58H54B2N2S2/c1-55(2,3)31-19-21-43-35(23-31)37-25-33(57(7,8)9)27-41-53(37)61(43)45-15-13-17-47-51(45)59(41)39-29-50-40(30-49(39)63-47)60-42-28-34(58(10,11)12)26-38-36-24-32(56(4,5)6)20-22-44(36)62(54(38)42)46-16-14-18-48(64-50)52(46)60/h13-30H,1-12H3. The Balaban J connectivity index is 1.09. The number of hydrogen-bond acceptors (Lipinski definition) is 2. The first-order valence-corrected chi connectivity index (χ1v) is 25.0. The molecular formula is C58H54B2N2S2. The Morgan fingerprint density at radius 1 is 0.359 bits per heavy atom. The normalized spacial score (nSPS) is 15.0. The van der Waals surface area contributed by atoms with Crippen LogP contribution in [0, 0.1) is 0 Å². The van der Waals surface area contributed by atoms with Crippen LogP contribution in [0.15, 0.2) is 129 Å². The highest BCUT2D eigenvalue weighted by molar-refractivity contribution is 8.00. The van der Waals surface area contributed by atoms with E-state index in [1.807, 2.05) is 23.5 Å². The molecule has 4 aliphatic rings. The van der Waals surface area contributed by atoms with Gasteiger partial charge in [-0.05, 0) is 126 Å². The second-order valence-corrected chi connectivity index (χ2v) is 25.6. The average molecular weight is 865 g/mol. The maximum Gasteiger partial charge on any atom is 0.249 e. The summed E-state index contributed by atoms with van der Waals surface area (Å²) in [4.78, 5) is 5.55. The monoisotopic (exact) mass is 864 g/mol. The summed E-state index contributed by atoms with van der Waals surface area (Å²) in [7, 11) is 0. The van der Waals surface area contributed by atoms with Gasteiger partial charge in [0.2, 0.25) is 13.4 Å². The molecule has 0 amide bonds. The molecule has 0 saturated heterocycles. The third-order valence-corrected chi connectivity index (χ3v) is 17.5. The highest BCUT2D eigenvalue weighted by atomic mass is 32.2. The van der Waals surface area contributed by atoms with Gasteiger partial charge in [-0.1, -0.05) is 166 Å². The quantitative estimate of drug-likeness (QED) is 0.141. The molecule has 0 atom stereocenters. The van der Waals surface area contributed by atoms with E-state index in [0.29, 0.717) is 0 Å². The number of benzene rings is 7. The number of hydrogen-bond donors (Lipinski definition) is 0. The molecule has 0 radical (unpaired) electrons. The first kappa shape index (κ1) is 39.3. The lowest BCUT2D eigenvalue weighted by atomic mass is 9.33. The van der Waals surface area contributed by atoms with Crippen LogP contribution in [0.25, 0.3) is 55.0 Å². The minimum Gasteiger partial charge on any atom is -0.310 e. The molecule has 6 heterocycles. The molecule has 13 rings (SSSR count). The Hall–Kier alpha value is -5.03. The van der Waals surface area contributed by atoms with Crippen molar-refractivity contribution < 1.29 is 0 Å². The Bertz CT molecular complexity index is 3370. The first-order valence-electron chi connectivity index (χ1n) is 23.3. The maximum absolute atomic E-state index is 2.64. The number of fused-ring (bicyclic) bond motifs is 14. The van der Waals surface area contributed by atoms with Gasteiger partial charge in [-0.2, -0.15) is 0 Å². The molecule has 0 N–H and O–H groups in total. The van der Waals surface area contributed by atoms with Crippen molar-refractivity contribution in [2.75, 3.05) is 0 Å². The zero-order chi connectivity index (χ0) is 44.3. The van der Waals surface area contributed by atoms with Gasteiger partial charge in [-0.15, -0.1) is 0 Å². The molecule has 4 aliphatic heterocycles. The fraction of sp³-hybridized carbons (Fsp3) is 0.276. The van der Waals surface area contributed by atoms with Crippen molar-refractivity contribution in [1.29, 1.82) is 0 Å². The number of rotatable bonds is 0. The summed E-state index contributed by atoms with van der Waals surface area (Å²) in [5.41, 5.74) is 22.4. The van der Waals surface area contributed by atoms with E-state index in [1.54, 1.807) is 0 Å². The molecule has 9 aromatic rings. The van der Waals surface area contributed by atoms with Crippen molar-refractivity contribution in [3.8, 4) is 11.4 Å². The van der Waals surface area contributed by atoms with Crippen LogP contribution < -0.4 is 32.8 Å². The van der Waals surface area contributed by atoms with Crippen LogP contribution in [0.4, 0.5) is 0 Å². The third kappa shape index (κ3) is 5.22. The molecule has 6 heteroatoms. The van der Waals surface area contributed by atoms with Crippen molar-refractivity contribution in [2.45, 2.75) is 124 Å². The molecule has 2 aromatic heterocycles. The summed E-state index contributed by atoms with van der Waals surface area (Å²) in [5, 5.41) is 5.48. The summed E-state index contributed by atoms with van der Waals surface area (Å²) >= 11 is 3.98. The van der Waals surface area contributed by atoms with E-state index in [2.05, 4.69) is 201 Å². The molecular weight excluding hydrogens is 810 g/mol. The summed E-state index contributed by atoms with van der Waals surface area (Å²) < 4.78 is 5.23. The third-order valence-electron chi connectivity index (χ3n) is 15.2. The molecule has 0 aliphatic carbocycles. The van der Waals surface area contributed by atoms with E-state index in [9.17, 15) is 0 Å². The predicted molar refractivity (Wildman–Crippen MR) is 280 cm³/mol. The lowest BCUT2D eigenvalue weighted by Crippen LogP contribution is -2.62. The zero-order valence-corrected chi connectivity index (χ0v) is 40.9. The fourth-order valence-corrected chi connectivity index (χ4v) is 14.1. The first-order chi connectivity index (χ1) is 30.3. The van der Waals surface area contributed by atoms with Crippen LogP contribution in [-0.2, 0) is 21.7 Å². The minimum absolute atomic E-state index is 0.00932. The summed E-state index contributed by atoms with van der Waals surface area (Å²) in [6.07, 6.45) is 0. The largest absolute Gasteiger partial charge is 0.310 e. The molecule has 0 unspecified atom stereocenters. The van der Waals surface area contributed by atoms with Crippen molar-refractivity contribution in [3.05, 3.63) is 131 Å². The number of nitrogens with zero attached hydrogens (tertiary/aromatic N) is 2. The summed E-state index contributed by atoms with van der Waals surface area (Å²) in [6.45, 7) is 28.6. The molecule has 64 heavy (non-hydrogen) atoms. The Labute approximate surface area is 387 Å². The van der Waals surface area contributed by atoms with Crippen LogP contribution in [0.5, 0.6) is 0 Å². The van der Waals surface area contributed by atoms with E-state index in [0.717, 1.165) is 0 Å². The van der Waals surface area contributed by atoms with Crippen molar-refractivity contribution in [3.63, 3.8) is 0 Å². The second-order valence-electron chi connectivity index (χ2n) is 23.4. The molecule has 314 valence electrons. The average Bonchev–Trinajstić information content (AvgIpc) is 3.75. The Morgan fingerprint density at radius 2 is 0.734 bits per heavy atom. The van der Waals surface area contributed by atoms with Crippen molar-refractivity contribution in [2.24, 2.45) is 0 Å².